The zero-order valence-electron chi connectivity index (χ0n) is 17.5. The Kier molecular flexibility index (Phi) is 6.99. The number of guanidine groups is 1. The molecule has 0 amide bonds. The fraction of sp³-hybridized carbons (Fsp3) is 0.130. The number of sulfonamides is 1. The summed E-state index contributed by atoms with van der Waals surface area (Å²) in [5.41, 5.74) is 5.22. The summed E-state index contributed by atoms with van der Waals surface area (Å²) >= 11 is 11.9. The molecule has 0 bridgehead atoms. The highest BCUT2D eigenvalue weighted by atomic mass is 35.5. The van der Waals surface area contributed by atoms with Crippen molar-refractivity contribution in [2.45, 2.75) is 10.8 Å². The van der Waals surface area contributed by atoms with Crippen molar-refractivity contribution in [3.63, 3.8) is 0 Å². The first kappa shape index (κ1) is 23.3. The lowest BCUT2D eigenvalue weighted by Crippen LogP contribution is -2.38. The second kappa shape index (κ2) is 9.93. The molecule has 1 aliphatic rings. The van der Waals surface area contributed by atoms with Crippen LogP contribution in [0.4, 0.5) is 0 Å². The Bertz CT molecular complexity index is 1280. The van der Waals surface area contributed by atoms with Gasteiger partial charge in [0.2, 0.25) is 0 Å². The van der Waals surface area contributed by atoms with E-state index in [2.05, 4.69) is 9.88 Å². The zero-order chi connectivity index (χ0) is 23.4. The van der Waals surface area contributed by atoms with E-state index in [-0.39, 0.29) is 16.8 Å². The number of halogens is 2. The van der Waals surface area contributed by atoms with E-state index in [1.807, 2.05) is 42.5 Å². The predicted molar refractivity (Wildman–Crippen MR) is 130 cm³/mol. The van der Waals surface area contributed by atoms with Gasteiger partial charge in [0, 0.05) is 16.0 Å². The molecule has 0 unspecified atom stereocenters. The number of nitrogens with zero attached hydrogens (tertiary/aromatic N) is 3. The molecule has 1 aliphatic heterocycles. The number of nitrogens with one attached hydrogen (secondary N) is 1. The Labute approximate surface area is 202 Å². The minimum absolute atomic E-state index is 0.00279. The van der Waals surface area contributed by atoms with E-state index >= 15 is 0 Å². The molecule has 0 saturated heterocycles. The second-order valence-electron chi connectivity index (χ2n) is 7.19. The van der Waals surface area contributed by atoms with E-state index in [1.54, 1.807) is 12.1 Å². The fourth-order valence-electron chi connectivity index (χ4n) is 3.44. The molecular weight excluding hydrogens is 483 g/mol. The lowest BCUT2D eigenvalue weighted by atomic mass is 9.91. The summed E-state index contributed by atoms with van der Waals surface area (Å²) < 4.78 is 29.8. The molecule has 0 fully saturated rings. The van der Waals surface area contributed by atoms with Crippen molar-refractivity contribution in [3.05, 3.63) is 100 Å². The van der Waals surface area contributed by atoms with Crippen LogP contribution in [0.3, 0.4) is 0 Å². The highest BCUT2D eigenvalue weighted by molar-refractivity contribution is 7.90. The SMILES string of the molecule is CONC(=NS(=O)(=O)c1ccc(Cl)cc1)N1C[C@H](c2ccccc2)C(c2ccc(Cl)cc2)=N1. The lowest BCUT2D eigenvalue weighted by Gasteiger charge is -2.18. The summed E-state index contributed by atoms with van der Waals surface area (Å²) in [7, 11) is -2.67. The molecule has 3 aromatic carbocycles. The number of hydrogen-bond acceptors (Lipinski definition) is 4. The minimum atomic E-state index is -4.05. The van der Waals surface area contributed by atoms with Crippen LogP contribution in [0, 0.1) is 0 Å². The van der Waals surface area contributed by atoms with Gasteiger partial charge in [-0.05, 0) is 47.5 Å². The van der Waals surface area contributed by atoms with Crippen LogP contribution in [0.25, 0.3) is 0 Å². The van der Waals surface area contributed by atoms with E-state index in [0.29, 0.717) is 16.6 Å². The molecule has 0 saturated carbocycles. The molecule has 1 heterocycles. The van der Waals surface area contributed by atoms with Crippen LogP contribution in [-0.4, -0.2) is 38.8 Å². The van der Waals surface area contributed by atoms with Gasteiger partial charge in [0.05, 0.1) is 24.3 Å². The number of rotatable bonds is 5. The molecule has 3 aromatic rings. The van der Waals surface area contributed by atoms with Crippen LogP contribution in [0.2, 0.25) is 10.0 Å². The van der Waals surface area contributed by atoms with Crippen molar-refractivity contribution in [1.82, 2.24) is 10.5 Å². The summed E-state index contributed by atoms with van der Waals surface area (Å²) in [4.78, 5) is 5.02. The van der Waals surface area contributed by atoms with Crippen molar-refractivity contribution in [3.8, 4) is 0 Å². The second-order valence-corrected chi connectivity index (χ2v) is 9.66. The van der Waals surface area contributed by atoms with Crippen LogP contribution in [-0.2, 0) is 14.9 Å². The Hall–Kier alpha value is -2.91. The van der Waals surface area contributed by atoms with E-state index in [0.717, 1.165) is 16.8 Å². The monoisotopic (exact) mass is 502 g/mol. The molecule has 0 aliphatic carbocycles. The standard InChI is InChI=1S/C23H20Cl2N4O3S/c1-32-27-23(28-33(30,31)20-13-11-19(25)12-14-20)29-15-21(16-5-3-2-4-6-16)22(26-29)17-7-9-18(24)10-8-17/h2-14,21H,15H2,1H3,(H,27,28)/t21-/m1/s1. The van der Waals surface area contributed by atoms with Gasteiger partial charge in [0.1, 0.15) is 0 Å². The molecule has 170 valence electrons. The third-order valence-electron chi connectivity index (χ3n) is 5.01. The van der Waals surface area contributed by atoms with Gasteiger partial charge in [-0.2, -0.15) is 13.5 Å². The highest BCUT2D eigenvalue weighted by Gasteiger charge is 2.32. The van der Waals surface area contributed by atoms with E-state index < -0.39 is 10.0 Å². The molecule has 0 spiro atoms. The number of hydroxylamine groups is 1. The van der Waals surface area contributed by atoms with Gasteiger partial charge < -0.3 is 0 Å². The van der Waals surface area contributed by atoms with E-state index in [4.69, 9.17) is 33.1 Å². The molecular formula is C23H20Cl2N4O3S. The molecule has 0 aromatic heterocycles. The summed E-state index contributed by atoms with van der Waals surface area (Å²) in [6, 6.07) is 23.0. The Morgan fingerprint density at radius 2 is 1.61 bits per heavy atom. The van der Waals surface area contributed by atoms with Gasteiger partial charge >= 0.3 is 0 Å². The van der Waals surface area contributed by atoms with Crippen LogP contribution in [0.15, 0.2) is 93.3 Å². The molecule has 10 heteroatoms. The van der Waals surface area contributed by atoms with Crippen LogP contribution in [0.1, 0.15) is 17.0 Å². The maximum Gasteiger partial charge on any atom is 0.285 e. The van der Waals surface area contributed by atoms with E-state index in [9.17, 15) is 8.42 Å². The largest absolute Gasteiger partial charge is 0.285 e. The Balaban J connectivity index is 1.75. The van der Waals surface area contributed by atoms with Crippen LogP contribution >= 0.6 is 23.2 Å². The Morgan fingerprint density at radius 3 is 2.21 bits per heavy atom. The van der Waals surface area contributed by atoms with Gasteiger partial charge in [-0.1, -0.05) is 65.7 Å². The third-order valence-corrected chi connectivity index (χ3v) is 6.80. The average Bonchev–Trinajstić information content (AvgIpc) is 3.25. The minimum Gasteiger partial charge on any atom is -0.277 e. The first-order valence-electron chi connectivity index (χ1n) is 9.94. The maximum atomic E-state index is 12.9. The first-order chi connectivity index (χ1) is 15.9. The van der Waals surface area contributed by atoms with Crippen LogP contribution < -0.4 is 5.48 Å². The molecule has 0 radical (unpaired) electrons. The van der Waals surface area contributed by atoms with Crippen molar-refractivity contribution in [1.29, 1.82) is 0 Å². The zero-order valence-corrected chi connectivity index (χ0v) is 19.8. The topological polar surface area (TPSA) is 83.4 Å². The smallest absolute Gasteiger partial charge is 0.277 e. The normalized spacial score (nSPS) is 16.6. The lowest BCUT2D eigenvalue weighted by molar-refractivity contribution is 0.132. The fourth-order valence-corrected chi connectivity index (χ4v) is 4.64. The summed E-state index contributed by atoms with van der Waals surface area (Å²) in [6.45, 7) is 0.354. The molecule has 1 N–H and O–H groups in total. The summed E-state index contributed by atoms with van der Waals surface area (Å²) in [6.07, 6.45) is 0. The molecule has 7 nitrogen and oxygen atoms in total. The predicted octanol–water partition coefficient (Wildman–Crippen LogP) is 4.69. The van der Waals surface area contributed by atoms with Crippen molar-refractivity contribution in [2.24, 2.45) is 9.50 Å². The highest BCUT2D eigenvalue weighted by Crippen LogP contribution is 2.29. The maximum absolute atomic E-state index is 12.9. The van der Waals surface area contributed by atoms with Crippen LogP contribution in [0.5, 0.6) is 0 Å². The number of benzene rings is 3. The third kappa shape index (κ3) is 5.36. The van der Waals surface area contributed by atoms with Crippen molar-refractivity contribution >= 4 is 44.9 Å². The van der Waals surface area contributed by atoms with Crippen molar-refractivity contribution in [2.75, 3.05) is 13.7 Å². The number of hydrazone groups is 1. The van der Waals surface area contributed by atoms with Gasteiger partial charge in [-0.3, -0.25) is 4.84 Å². The molecule has 33 heavy (non-hydrogen) atoms. The molecule has 4 rings (SSSR count). The van der Waals surface area contributed by atoms with Gasteiger partial charge in [-0.15, -0.1) is 4.40 Å². The summed E-state index contributed by atoms with van der Waals surface area (Å²) in [5, 5.41) is 7.23. The quantitative estimate of drug-likeness (QED) is 0.310. The Morgan fingerprint density at radius 1 is 1.00 bits per heavy atom. The van der Waals surface area contributed by atoms with E-state index in [1.165, 1.54) is 36.4 Å². The van der Waals surface area contributed by atoms with Crippen molar-refractivity contribution < 1.29 is 13.3 Å². The molecule has 1 atom stereocenters. The average molecular weight is 503 g/mol. The summed E-state index contributed by atoms with van der Waals surface area (Å²) in [5.74, 6) is -0.188. The van der Waals surface area contributed by atoms with Gasteiger partial charge in [-0.25, -0.2) is 10.5 Å². The van der Waals surface area contributed by atoms with Gasteiger partial charge in [0.25, 0.3) is 16.0 Å². The first-order valence-corrected chi connectivity index (χ1v) is 12.1. The van der Waals surface area contributed by atoms with Gasteiger partial charge in [0.15, 0.2) is 0 Å². The number of hydrogen-bond donors (Lipinski definition) is 1.